The molecule has 0 spiro atoms. The number of para-hydroxylation sites is 1. The molecule has 1 aromatic carbocycles. The summed E-state index contributed by atoms with van der Waals surface area (Å²) in [5.41, 5.74) is 1.29. The second-order valence-electron chi connectivity index (χ2n) is 5.07. The molecular formula is C16H22N2O2. The average Bonchev–Trinajstić information content (AvgIpc) is 2.50. The highest BCUT2D eigenvalue weighted by molar-refractivity contribution is 5.37. The minimum absolute atomic E-state index is 0.482. The average molecular weight is 274 g/mol. The molecule has 4 heteroatoms. The number of hydrogen-bond acceptors (Lipinski definition) is 4. The molecule has 1 atom stereocenters. The SMILES string of the molecule is COCCN(CCC#N)CC1CCOc2ccccc21. The van der Waals surface area contributed by atoms with Crippen LogP contribution in [0.2, 0.25) is 0 Å². The zero-order valence-corrected chi connectivity index (χ0v) is 12.0. The van der Waals surface area contributed by atoms with Crippen molar-refractivity contribution >= 4 is 0 Å². The van der Waals surface area contributed by atoms with Gasteiger partial charge in [0.1, 0.15) is 5.75 Å². The van der Waals surface area contributed by atoms with Gasteiger partial charge in [0.25, 0.3) is 0 Å². The van der Waals surface area contributed by atoms with Crippen LogP contribution in [0.25, 0.3) is 0 Å². The van der Waals surface area contributed by atoms with Gasteiger partial charge < -0.3 is 9.47 Å². The van der Waals surface area contributed by atoms with E-state index in [1.807, 2.05) is 12.1 Å². The van der Waals surface area contributed by atoms with E-state index in [1.54, 1.807) is 7.11 Å². The molecule has 1 unspecified atom stereocenters. The molecule has 4 nitrogen and oxygen atoms in total. The Morgan fingerprint density at radius 3 is 3.05 bits per heavy atom. The molecular weight excluding hydrogens is 252 g/mol. The summed E-state index contributed by atoms with van der Waals surface area (Å²) in [6.45, 7) is 4.12. The molecule has 0 fully saturated rings. The monoisotopic (exact) mass is 274 g/mol. The molecule has 0 bridgehead atoms. The zero-order chi connectivity index (χ0) is 14.2. The van der Waals surface area contributed by atoms with E-state index in [0.717, 1.165) is 38.4 Å². The van der Waals surface area contributed by atoms with Gasteiger partial charge >= 0.3 is 0 Å². The number of ether oxygens (including phenoxy) is 2. The van der Waals surface area contributed by atoms with Crippen LogP contribution in [-0.4, -0.2) is 44.9 Å². The van der Waals surface area contributed by atoms with Crippen molar-refractivity contribution in [2.75, 3.05) is 40.0 Å². The van der Waals surface area contributed by atoms with E-state index in [-0.39, 0.29) is 0 Å². The first kappa shape index (κ1) is 14.8. The maximum Gasteiger partial charge on any atom is 0.122 e. The Hall–Kier alpha value is -1.57. The molecule has 0 aromatic heterocycles. The van der Waals surface area contributed by atoms with Crippen molar-refractivity contribution < 1.29 is 9.47 Å². The van der Waals surface area contributed by atoms with Crippen LogP contribution >= 0.6 is 0 Å². The Balaban J connectivity index is 2.01. The minimum atomic E-state index is 0.482. The second-order valence-corrected chi connectivity index (χ2v) is 5.07. The molecule has 0 saturated heterocycles. The van der Waals surface area contributed by atoms with Gasteiger partial charge in [0.05, 0.1) is 19.3 Å². The molecule has 1 heterocycles. The molecule has 1 aromatic rings. The van der Waals surface area contributed by atoms with Crippen molar-refractivity contribution in [3.05, 3.63) is 29.8 Å². The van der Waals surface area contributed by atoms with Gasteiger partial charge in [-0.25, -0.2) is 0 Å². The maximum absolute atomic E-state index is 8.78. The van der Waals surface area contributed by atoms with Crippen LogP contribution in [0, 0.1) is 11.3 Å². The van der Waals surface area contributed by atoms with E-state index in [0.29, 0.717) is 18.9 Å². The Morgan fingerprint density at radius 1 is 1.40 bits per heavy atom. The van der Waals surface area contributed by atoms with Crippen molar-refractivity contribution in [1.82, 2.24) is 4.90 Å². The molecule has 0 N–H and O–H groups in total. The minimum Gasteiger partial charge on any atom is -0.493 e. The smallest absolute Gasteiger partial charge is 0.122 e. The summed E-state index contributed by atoms with van der Waals surface area (Å²) in [4.78, 5) is 2.32. The fraction of sp³-hybridized carbons (Fsp3) is 0.562. The van der Waals surface area contributed by atoms with Crippen molar-refractivity contribution in [3.8, 4) is 11.8 Å². The third-order valence-corrected chi connectivity index (χ3v) is 3.71. The number of hydrogen-bond donors (Lipinski definition) is 0. The molecule has 0 amide bonds. The highest BCUT2D eigenvalue weighted by atomic mass is 16.5. The van der Waals surface area contributed by atoms with Gasteiger partial charge in [-0.15, -0.1) is 0 Å². The largest absolute Gasteiger partial charge is 0.493 e. The first-order valence-electron chi connectivity index (χ1n) is 7.15. The normalized spacial score (nSPS) is 17.4. The summed E-state index contributed by atoms with van der Waals surface area (Å²) >= 11 is 0. The number of nitriles is 1. The van der Waals surface area contributed by atoms with Crippen LogP contribution in [0.4, 0.5) is 0 Å². The van der Waals surface area contributed by atoms with E-state index in [9.17, 15) is 0 Å². The third kappa shape index (κ3) is 3.96. The van der Waals surface area contributed by atoms with Crippen LogP contribution in [-0.2, 0) is 4.74 Å². The Labute approximate surface area is 120 Å². The Bertz CT molecular complexity index is 456. The predicted octanol–water partition coefficient (Wildman–Crippen LogP) is 2.41. The molecule has 108 valence electrons. The van der Waals surface area contributed by atoms with Gasteiger partial charge in [-0.1, -0.05) is 18.2 Å². The molecule has 0 saturated carbocycles. The summed E-state index contributed by atoms with van der Waals surface area (Å²) < 4.78 is 10.9. The number of nitrogens with zero attached hydrogens (tertiary/aromatic N) is 2. The lowest BCUT2D eigenvalue weighted by Crippen LogP contribution is -2.34. The quantitative estimate of drug-likeness (QED) is 0.766. The highest BCUT2D eigenvalue weighted by Gasteiger charge is 2.23. The van der Waals surface area contributed by atoms with Crippen LogP contribution < -0.4 is 4.74 Å². The summed E-state index contributed by atoms with van der Waals surface area (Å²) in [6.07, 6.45) is 1.60. The molecule has 1 aliphatic rings. The van der Waals surface area contributed by atoms with Gasteiger partial charge in [0.2, 0.25) is 0 Å². The number of benzene rings is 1. The van der Waals surface area contributed by atoms with E-state index < -0.39 is 0 Å². The van der Waals surface area contributed by atoms with Gasteiger partial charge in [-0.05, 0) is 18.1 Å². The molecule has 20 heavy (non-hydrogen) atoms. The van der Waals surface area contributed by atoms with Gasteiger partial charge in [0.15, 0.2) is 0 Å². The summed E-state index contributed by atoms with van der Waals surface area (Å²) in [5.74, 6) is 1.49. The van der Waals surface area contributed by atoms with E-state index in [2.05, 4.69) is 23.1 Å². The van der Waals surface area contributed by atoms with Crippen molar-refractivity contribution in [2.24, 2.45) is 0 Å². The lowest BCUT2D eigenvalue weighted by atomic mass is 9.92. The topological polar surface area (TPSA) is 45.5 Å². The Morgan fingerprint density at radius 2 is 2.25 bits per heavy atom. The van der Waals surface area contributed by atoms with Crippen LogP contribution in [0.3, 0.4) is 0 Å². The molecule has 2 rings (SSSR count). The standard InChI is InChI=1S/C16H22N2O2/c1-19-12-10-18(9-4-8-17)13-14-7-11-20-16-6-3-2-5-15(14)16/h2-3,5-6,14H,4,7,9-13H2,1H3. The number of rotatable bonds is 7. The molecule has 0 radical (unpaired) electrons. The molecule has 0 aliphatic carbocycles. The zero-order valence-electron chi connectivity index (χ0n) is 12.0. The Kier molecular flexibility index (Phi) is 5.85. The highest BCUT2D eigenvalue weighted by Crippen LogP contribution is 2.33. The summed E-state index contributed by atoms with van der Waals surface area (Å²) in [6, 6.07) is 10.5. The second kappa shape index (κ2) is 7.88. The van der Waals surface area contributed by atoms with Crippen LogP contribution in [0.5, 0.6) is 5.75 Å². The van der Waals surface area contributed by atoms with Crippen LogP contribution in [0.1, 0.15) is 24.3 Å². The van der Waals surface area contributed by atoms with Crippen molar-refractivity contribution in [1.29, 1.82) is 5.26 Å². The fourth-order valence-corrected chi connectivity index (χ4v) is 2.64. The molecule has 1 aliphatic heterocycles. The number of fused-ring (bicyclic) bond motifs is 1. The van der Waals surface area contributed by atoms with E-state index >= 15 is 0 Å². The predicted molar refractivity (Wildman–Crippen MR) is 77.8 cm³/mol. The van der Waals surface area contributed by atoms with Gasteiger partial charge in [-0.2, -0.15) is 5.26 Å². The van der Waals surface area contributed by atoms with Gasteiger partial charge in [0, 0.05) is 39.1 Å². The summed E-state index contributed by atoms with van der Waals surface area (Å²) in [5, 5.41) is 8.78. The lowest BCUT2D eigenvalue weighted by Gasteiger charge is -2.31. The van der Waals surface area contributed by atoms with Crippen LogP contribution in [0.15, 0.2) is 24.3 Å². The maximum atomic E-state index is 8.78. The van der Waals surface area contributed by atoms with Crippen molar-refractivity contribution in [3.63, 3.8) is 0 Å². The summed E-state index contributed by atoms with van der Waals surface area (Å²) in [7, 11) is 1.71. The third-order valence-electron chi connectivity index (χ3n) is 3.71. The number of methoxy groups -OCH3 is 1. The van der Waals surface area contributed by atoms with Gasteiger partial charge in [-0.3, -0.25) is 4.90 Å². The lowest BCUT2D eigenvalue weighted by molar-refractivity contribution is 0.138. The first-order valence-corrected chi connectivity index (χ1v) is 7.15. The van der Waals surface area contributed by atoms with E-state index in [4.69, 9.17) is 14.7 Å². The fourth-order valence-electron chi connectivity index (χ4n) is 2.64. The first-order chi connectivity index (χ1) is 9.85. The van der Waals surface area contributed by atoms with Crippen molar-refractivity contribution in [2.45, 2.75) is 18.8 Å². The van der Waals surface area contributed by atoms with E-state index in [1.165, 1.54) is 5.56 Å².